The van der Waals surface area contributed by atoms with Gasteiger partial charge in [-0.1, -0.05) is 18.6 Å². The van der Waals surface area contributed by atoms with E-state index < -0.39 is 0 Å². The molecule has 0 radical (unpaired) electrons. The number of ketones is 1. The first-order valence-electron chi connectivity index (χ1n) is 6.42. The molecule has 104 valence electrons. The number of esters is 1. The van der Waals surface area contributed by atoms with E-state index in [0.717, 1.165) is 28.2 Å². The SMILES string of the molecule is CCCSc1ccc(C)cc1C(=O)CCC(=O)OC. The Balaban J connectivity index is 2.81. The number of aryl methyl sites for hydroxylation is 1. The van der Waals surface area contributed by atoms with Crippen molar-refractivity contribution in [1.82, 2.24) is 0 Å². The fourth-order valence-corrected chi connectivity index (χ4v) is 2.57. The van der Waals surface area contributed by atoms with Crippen LogP contribution in [0.1, 0.15) is 42.1 Å². The molecule has 4 heteroatoms. The van der Waals surface area contributed by atoms with E-state index in [1.807, 2.05) is 25.1 Å². The second kappa shape index (κ2) is 8.00. The number of rotatable bonds is 7. The van der Waals surface area contributed by atoms with Crippen LogP contribution in [-0.4, -0.2) is 24.6 Å². The molecule has 0 saturated carbocycles. The van der Waals surface area contributed by atoms with Gasteiger partial charge in [-0.05, 0) is 31.2 Å². The number of methoxy groups -OCH3 is 1. The molecule has 0 fully saturated rings. The van der Waals surface area contributed by atoms with E-state index >= 15 is 0 Å². The first kappa shape index (κ1) is 15.8. The van der Waals surface area contributed by atoms with Gasteiger partial charge in [0.15, 0.2) is 5.78 Å². The van der Waals surface area contributed by atoms with Crippen LogP contribution < -0.4 is 0 Å². The molecule has 0 amide bonds. The Bertz CT molecular complexity index is 455. The third-order valence-electron chi connectivity index (χ3n) is 2.68. The summed E-state index contributed by atoms with van der Waals surface area (Å²) < 4.78 is 4.56. The van der Waals surface area contributed by atoms with Crippen LogP contribution in [0.4, 0.5) is 0 Å². The molecule has 0 bridgehead atoms. The zero-order chi connectivity index (χ0) is 14.3. The average Bonchev–Trinajstić information content (AvgIpc) is 2.42. The number of ether oxygens (including phenoxy) is 1. The zero-order valence-electron chi connectivity index (χ0n) is 11.7. The predicted molar refractivity (Wildman–Crippen MR) is 77.8 cm³/mol. The predicted octanol–water partition coefficient (Wildman–Crippen LogP) is 3.63. The van der Waals surface area contributed by atoms with Gasteiger partial charge in [-0.2, -0.15) is 0 Å². The Kier molecular flexibility index (Phi) is 6.64. The van der Waals surface area contributed by atoms with Crippen molar-refractivity contribution in [3.63, 3.8) is 0 Å². The van der Waals surface area contributed by atoms with E-state index in [1.165, 1.54) is 7.11 Å². The summed E-state index contributed by atoms with van der Waals surface area (Å²) >= 11 is 1.69. The number of Topliss-reactive ketones (excluding diaryl/α,β-unsaturated/α-hetero) is 1. The van der Waals surface area contributed by atoms with Crippen LogP contribution >= 0.6 is 11.8 Å². The van der Waals surface area contributed by atoms with Crippen LogP contribution in [0.5, 0.6) is 0 Å². The molecule has 0 heterocycles. The van der Waals surface area contributed by atoms with Crippen molar-refractivity contribution in [3.05, 3.63) is 29.3 Å². The van der Waals surface area contributed by atoms with Crippen LogP contribution in [0.15, 0.2) is 23.1 Å². The van der Waals surface area contributed by atoms with Crippen molar-refractivity contribution >= 4 is 23.5 Å². The Morgan fingerprint density at radius 2 is 2.00 bits per heavy atom. The number of thioether (sulfide) groups is 1. The van der Waals surface area contributed by atoms with Crippen LogP contribution in [-0.2, 0) is 9.53 Å². The van der Waals surface area contributed by atoms with Gasteiger partial charge in [0.25, 0.3) is 0 Å². The highest BCUT2D eigenvalue weighted by molar-refractivity contribution is 7.99. The molecule has 0 atom stereocenters. The highest BCUT2D eigenvalue weighted by atomic mass is 32.2. The maximum Gasteiger partial charge on any atom is 0.305 e. The first-order valence-corrected chi connectivity index (χ1v) is 7.40. The van der Waals surface area contributed by atoms with Crippen molar-refractivity contribution in [2.24, 2.45) is 0 Å². The van der Waals surface area contributed by atoms with Gasteiger partial charge >= 0.3 is 5.97 Å². The van der Waals surface area contributed by atoms with E-state index in [4.69, 9.17) is 0 Å². The first-order chi connectivity index (χ1) is 9.08. The van der Waals surface area contributed by atoms with E-state index in [0.29, 0.717) is 0 Å². The summed E-state index contributed by atoms with van der Waals surface area (Å²) in [5.74, 6) is 0.650. The molecular weight excluding hydrogens is 260 g/mol. The molecule has 1 aromatic carbocycles. The maximum atomic E-state index is 12.2. The third kappa shape index (κ3) is 5.07. The lowest BCUT2D eigenvalue weighted by atomic mass is 10.0. The molecular formula is C15H20O3S. The third-order valence-corrected chi connectivity index (χ3v) is 3.96. The molecule has 0 saturated heterocycles. The molecule has 1 aromatic rings. The van der Waals surface area contributed by atoms with Gasteiger partial charge in [-0.15, -0.1) is 11.8 Å². The largest absolute Gasteiger partial charge is 0.469 e. The maximum absolute atomic E-state index is 12.2. The summed E-state index contributed by atoms with van der Waals surface area (Å²) in [6.45, 7) is 4.07. The highest BCUT2D eigenvalue weighted by Gasteiger charge is 2.14. The summed E-state index contributed by atoms with van der Waals surface area (Å²) in [5, 5.41) is 0. The minimum absolute atomic E-state index is 0.00713. The second-order valence-corrected chi connectivity index (χ2v) is 5.48. The molecule has 0 aliphatic rings. The number of carbonyl (C=O) groups excluding carboxylic acids is 2. The van der Waals surface area contributed by atoms with Crippen molar-refractivity contribution in [2.75, 3.05) is 12.9 Å². The van der Waals surface area contributed by atoms with Gasteiger partial charge < -0.3 is 4.74 Å². The minimum Gasteiger partial charge on any atom is -0.469 e. The monoisotopic (exact) mass is 280 g/mol. The van der Waals surface area contributed by atoms with Crippen LogP contribution in [0.2, 0.25) is 0 Å². The standard InChI is InChI=1S/C15H20O3S/c1-4-9-19-14-7-5-11(2)10-12(14)13(16)6-8-15(17)18-3/h5,7,10H,4,6,8-9H2,1-3H3. The van der Waals surface area contributed by atoms with Gasteiger partial charge in [-0.3, -0.25) is 9.59 Å². The van der Waals surface area contributed by atoms with Gasteiger partial charge in [-0.25, -0.2) is 0 Å². The Morgan fingerprint density at radius 1 is 1.26 bits per heavy atom. The van der Waals surface area contributed by atoms with E-state index in [9.17, 15) is 9.59 Å². The van der Waals surface area contributed by atoms with Crippen LogP contribution in [0.25, 0.3) is 0 Å². The average molecular weight is 280 g/mol. The molecule has 3 nitrogen and oxygen atoms in total. The lowest BCUT2D eigenvalue weighted by Gasteiger charge is -2.09. The van der Waals surface area contributed by atoms with Crippen molar-refractivity contribution in [3.8, 4) is 0 Å². The second-order valence-electron chi connectivity index (χ2n) is 4.35. The lowest BCUT2D eigenvalue weighted by Crippen LogP contribution is -2.07. The quantitative estimate of drug-likeness (QED) is 0.434. The van der Waals surface area contributed by atoms with Crippen LogP contribution in [0, 0.1) is 6.92 Å². The number of carbonyl (C=O) groups is 2. The molecule has 1 rings (SSSR count). The summed E-state index contributed by atoms with van der Waals surface area (Å²) in [6.07, 6.45) is 1.41. The number of hydrogen-bond acceptors (Lipinski definition) is 4. The fourth-order valence-electron chi connectivity index (χ4n) is 1.65. The van der Waals surface area contributed by atoms with Gasteiger partial charge in [0.2, 0.25) is 0 Å². The molecule has 0 aromatic heterocycles. The zero-order valence-corrected chi connectivity index (χ0v) is 12.5. The van der Waals surface area contributed by atoms with Gasteiger partial charge in [0.1, 0.15) is 0 Å². The molecule has 0 aliphatic carbocycles. The van der Waals surface area contributed by atoms with Gasteiger partial charge in [0.05, 0.1) is 13.5 Å². The summed E-state index contributed by atoms with van der Waals surface area (Å²) in [4.78, 5) is 24.3. The number of hydrogen-bond donors (Lipinski definition) is 0. The topological polar surface area (TPSA) is 43.4 Å². The van der Waals surface area contributed by atoms with E-state index in [1.54, 1.807) is 11.8 Å². The molecule has 0 spiro atoms. The minimum atomic E-state index is -0.344. The molecule has 0 unspecified atom stereocenters. The summed E-state index contributed by atoms with van der Waals surface area (Å²) in [5.41, 5.74) is 1.78. The molecule has 0 aliphatic heterocycles. The molecule has 19 heavy (non-hydrogen) atoms. The Hall–Kier alpha value is -1.29. The Morgan fingerprint density at radius 3 is 2.63 bits per heavy atom. The van der Waals surface area contributed by atoms with Crippen molar-refractivity contribution in [2.45, 2.75) is 38.0 Å². The Labute approximate surface area is 118 Å². The van der Waals surface area contributed by atoms with Gasteiger partial charge in [0, 0.05) is 16.9 Å². The fraction of sp³-hybridized carbons (Fsp3) is 0.467. The summed E-state index contributed by atoms with van der Waals surface area (Å²) in [6, 6.07) is 5.90. The van der Waals surface area contributed by atoms with E-state index in [2.05, 4.69) is 11.7 Å². The highest BCUT2D eigenvalue weighted by Crippen LogP contribution is 2.26. The van der Waals surface area contributed by atoms with Crippen molar-refractivity contribution < 1.29 is 14.3 Å². The number of benzene rings is 1. The lowest BCUT2D eigenvalue weighted by molar-refractivity contribution is -0.140. The van der Waals surface area contributed by atoms with E-state index in [-0.39, 0.29) is 24.6 Å². The van der Waals surface area contributed by atoms with Crippen molar-refractivity contribution in [1.29, 1.82) is 0 Å². The molecule has 0 N–H and O–H groups in total. The van der Waals surface area contributed by atoms with Crippen LogP contribution in [0.3, 0.4) is 0 Å². The smallest absolute Gasteiger partial charge is 0.305 e. The summed E-state index contributed by atoms with van der Waals surface area (Å²) in [7, 11) is 1.34. The normalized spacial score (nSPS) is 10.3.